The van der Waals surface area contributed by atoms with Crippen molar-refractivity contribution in [3.8, 4) is 0 Å². The monoisotopic (exact) mass is 219 g/mol. The first-order chi connectivity index (χ1) is 4.77. The molecule has 0 aromatic heterocycles. The highest BCUT2D eigenvalue weighted by Crippen LogP contribution is 2.25. The van der Waals surface area contributed by atoms with Gasteiger partial charge in [-0.25, -0.2) is 4.57 Å². The summed E-state index contributed by atoms with van der Waals surface area (Å²) in [6.07, 6.45) is 2.59. The van der Waals surface area contributed by atoms with E-state index in [9.17, 15) is 0 Å². The van der Waals surface area contributed by atoms with Gasteiger partial charge in [0.2, 0.25) is 0 Å². The van der Waals surface area contributed by atoms with E-state index in [-0.39, 0.29) is 6.15 Å². The normalized spacial score (nSPS) is 9.92. The summed E-state index contributed by atoms with van der Waals surface area (Å²) >= 11 is 0. The standard InChI is InChI=1S/C5H13P.H3N.H3O4P/c1-5(2)3-4-6;;1-5(2,3)4/h5H,3-4,6H2,1-2H3;1H3;(H3,1,2,3,4). The second-order valence-corrected chi connectivity index (χ2v) is 4.09. The van der Waals surface area contributed by atoms with Crippen LogP contribution in [0.1, 0.15) is 20.3 Å². The van der Waals surface area contributed by atoms with Gasteiger partial charge in [0.15, 0.2) is 0 Å². The average molecular weight is 219 g/mol. The lowest BCUT2D eigenvalue weighted by molar-refractivity contribution is 0.275. The molecule has 0 aliphatic carbocycles. The molecule has 0 aromatic rings. The second-order valence-electron chi connectivity index (χ2n) is 2.48. The van der Waals surface area contributed by atoms with Gasteiger partial charge < -0.3 is 20.8 Å². The lowest BCUT2D eigenvalue weighted by Crippen LogP contribution is -1.84. The maximum atomic E-state index is 8.88. The molecule has 0 amide bonds. The average Bonchev–Trinajstić information content (AvgIpc) is 1.58. The summed E-state index contributed by atoms with van der Waals surface area (Å²) in [5.74, 6) is 0.877. The SMILES string of the molecule is CC(C)CCP.N.O=P(O)(O)O. The van der Waals surface area contributed by atoms with Gasteiger partial charge in [0.25, 0.3) is 0 Å². The quantitative estimate of drug-likeness (QED) is 0.520. The van der Waals surface area contributed by atoms with E-state index in [1.807, 2.05) is 0 Å². The molecule has 1 unspecified atom stereocenters. The molecule has 0 aliphatic heterocycles. The van der Waals surface area contributed by atoms with Gasteiger partial charge in [-0.3, -0.25) is 0 Å². The molecule has 6 N–H and O–H groups in total. The summed E-state index contributed by atoms with van der Waals surface area (Å²) in [6, 6.07) is 0. The van der Waals surface area contributed by atoms with E-state index in [1.54, 1.807) is 0 Å². The first-order valence-electron chi connectivity index (χ1n) is 3.25. The Hall–Kier alpha value is 0.500. The van der Waals surface area contributed by atoms with Crippen molar-refractivity contribution in [1.82, 2.24) is 6.15 Å². The third kappa shape index (κ3) is 77.4. The van der Waals surface area contributed by atoms with Gasteiger partial charge in [-0.1, -0.05) is 13.8 Å². The molecular weight excluding hydrogens is 200 g/mol. The van der Waals surface area contributed by atoms with E-state index in [0.717, 1.165) is 5.92 Å². The minimum Gasteiger partial charge on any atom is -0.344 e. The minimum absolute atomic E-state index is 0. The molecule has 0 fully saturated rings. The Kier molecular flexibility index (Phi) is 14.6. The van der Waals surface area contributed by atoms with Crippen LogP contribution < -0.4 is 6.15 Å². The molecule has 0 rings (SSSR count). The zero-order valence-electron chi connectivity index (χ0n) is 7.47. The van der Waals surface area contributed by atoms with Crippen LogP contribution in [-0.4, -0.2) is 20.8 Å². The predicted octanol–water partition coefficient (Wildman–Crippen LogP) is 1.14. The predicted molar refractivity (Wildman–Crippen MR) is 53.3 cm³/mol. The van der Waals surface area contributed by atoms with Crippen LogP contribution in [-0.2, 0) is 4.57 Å². The van der Waals surface area contributed by atoms with Crippen molar-refractivity contribution < 1.29 is 19.2 Å². The van der Waals surface area contributed by atoms with Gasteiger partial charge in [-0.05, 0) is 18.5 Å². The molecule has 0 radical (unpaired) electrons. The van der Waals surface area contributed by atoms with E-state index < -0.39 is 7.82 Å². The smallest absolute Gasteiger partial charge is 0.344 e. The molecule has 5 nitrogen and oxygen atoms in total. The van der Waals surface area contributed by atoms with Gasteiger partial charge in [-0.15, -0.1) is 9.24 Å². The maximum Gasteiger partial charge on any atom is 0.466 e. The van der Waals surface area contributed by atoms with Gasteiger partial charge in [0.05, 0.1) is 0 Å². The molecule has 12 heavy (non-hydrogen) atoms. The number of phosphoric acid groups is 1. The van der Waals surface area contributed by atoms with Crippen LogP contribution in [0.2, 0.25) is 0 Å². The largest absolute Gasteiger partial charge is 0.466 e. The molecular formula is C5H19NO4P2. The zero-order valence-corrected chi connectivity index (χ0v) is 9.52. The minimum atomic E-state index is -4.64. The summed E-state index contributed by atoms with van der Waals surface area (Å²) in [5, 5.41) is 0. The van der Waals surface area contributed by atoms with Gasteiger partial charge in [0.1, 0.15) is 0 Å². The number of hydrogen-bond acceptors (Lipinski definition) is 2. The Labute approximate surface area is 75.6 Å². The van der Waals surface area contributed by atoms with Crippen molar-refractivity contribution in [3.05, 3.63) is 0 Å². The first-order valence-corrected chi connectivity index (χ1v) is 5.64. The summed E-state index contributed by atoms with van der Waals surface area (Å²) in [6.45, 7) is 4.48. The first kappa shape index (κ1) is 18.3. The van der Waals surface area contributed by atoms with Crippen LogP contribution in [0.3, 0.4) is 0 Å². The third-order valence-electron chi connectivity index (χ3n) is 0.744. The van der Waals surface area contributed by atoms with E-state index in [2.05, 4.69) is 23.1 Å². The van der Waals surface area contributed by atoms with Crippen LogP contribution in [0.4, 0.5) is 0 Å². The number of hydrogen-bond donors (Lipinski definition) is 4. The Morgan fingerprint density at radius 3 is 1.58 bits per heavy atom. The fourth-order valence-electron chi connectivity index (χ4n) is 0.333. The fraction of sp³-hybridized carbons (Fsp3) is 1.00. The van der Waals surface area contributed by atoms with Crippen molar-refractivity contribution in [2.24, 2.45) is 5.92 Å². The Bertz CT molecular complexity index is 116. The van der Waals surface area contributed by atoms with Crippen LogP contribution in [0.25, 0.3) is 0 Å². The van der Waals surface area contributed by atoms with E-state index in [1.165, 1.54) is 12.6 Å². The van der Waals surface area contributed by atoms with Gasteiger partial charge in [0, 0.05) is 0 Å². The van der Waals surface area contributed by atoms with Crippen LogP contribution >= 0.6 is 17.1 Å². The van der Waals surface area contributed by atoms with Crippen molar-refractivity contribution in [3.63, 3.8) is 0 Å². The van der Waals surface area contributed by atoms with Crippen LogP contribution in [0.15, 0.2) is 0 Å². The van der Waals surface area contributed by atoms with Crippen molar-refractivity contribution >= 4 is 17.1 Å². The third-order valence-corrected chi connectivity index (χ3v) is 1.08. The lowest BCUT2D eigenvalue weighted by Gasteiger charge is -1.95. The molecule has 1 atom stereocenters. The van der Waals surface area contributed by atoms with Gasteiger partial charge >= 0.3 is 7.82 Å². The van der Waals surface area contributed by atoms with Gasteiger partial charge in [-0.2, -0.15) is 0 Å². The summed E-state index contributed by atoms with van der Waals surface area (Å²) in [7, 11) is -1.92. The fourth-order valence-corrected chi connectivity index (χ4v) is 1.00. The molecule has 0 aliphatic rings. The number of rotatable bonds is 2. The summed E-state index contributed by atoms with van der Waals surface area (Å²) < 4.78 is 8.88. The van der Waals surface area contributed by atoms with E-state index in [4.69, 9.17) is 19.2 Å². The lowest BCUT2D eigenvalue weighted by atomic mass is 10.2. The van der Waals surface area contributed by atoms with Crippen LogP contribution in [0.5, 0.6) is 0 Å². The Morgan fingerprint density at radius 2 is 1.58 bits per heavy atom. The van der Waals surface area contributed by atoms with E-state index in [0.29, 0.717) is 0 Å². The molecule has 0 saturated heterocycles. The zero-order chi connectivity index (χ0) is 9.49. The van der Waals surface area contributed by atoms with Crippen LogP contribution in [0, 0.1) is 5.92 Å². The summed E-state index contributed by atoms with van der Waals surface area (Å²) in [5.41, 5.74) is 0. The van der Waals surface area contributed by atoms with Crippen molar-refractivity contribution in [2.75, 3.05) is 6.16 Å². The highest BCUT2D eigenvalue weighted by molar-refractivity contribution is 7.45. The topological polar surface area (TPSA) is 113 Å². The molecule has 0 bridgehead atoms. The van der Waals surface area contributed by atoms with Crippen molar-refractivity contribution in [1.29, 1.82) is 0 Å². The molecule has 7 heteroatoms. The highest BCUT2D eigenvalue weighted by atomic mass is 31.2. The Balaban J connectivity index is -0.000000126. The Morgan fingerprint density at radius 1 is 1.33 bits per heavy atom. The molecule has 0 spiro atoms. The molecule has 78 valence electrons. The van der Waals surface area contributed by atoms with Crippen molar-refractivity contribution in [2.45, 2.75) is 20.3 Å². The van der Waals surface area contributed by atoms with E-state index >= 15 is 0 Å². The molecule has 0 aromatic carbocycles. The maximum absolute atomic E-state index is 8.88. The summed E-state index contributed by atoms with van der Waals surface area (Å²) in [4.78, 5) is 21.6. The highest BCUT2D eigenvalue weighted by Gasteiger charge is 2.00. The molecule has 0 heterocycles. The molecule has 0 saturated carbocycles. The second kappa shape index (κ2) is 9.59.